The summed E-state index contributed by atoms with van der Waals surface area (Å²) in [5.74, 6) is 0.664. The number of amides is 2. The molecular formula is C26H36F3N3O3. The van der Waals surface area contributed by atoms with Gasteiger partial charge in [0.15, 0.2) is 0 Å². The van der Waals surface area contributed by atoms with E-state index in [1.54, 1.807) is 17.0 Å². The lowest BCUT2D eigenvalue weighted by Crippen LogP contribution is -2.55. The van der Waals surface area contributed by atoms with Gasteiger partial charge in [-0.1, -0.05) is 12.1 Å². The van der Waals surface area contributed by atoms with Crippen LogP contribution >= 0.6 is 0 Å². The van der Waals surface area contributed by atoms with Crippen LogP contribution in [0.4, 0.5) is 18.0 Å². The Bertz CT molecular complexity index is 913. The van der Waals surface area contributed by atoms with E-state index < -0.39 is 29.5 Å². The molecular weight excluding hydrogens is 459 g/mol. The number of rotatable bonds is 4. The molecule has 1 N–H and O–H groups in total. The maximum absolute atomic E-state index is 13.2. The highest BCUT2D eigenvalue weighted by Gasteiger charge is 2.44. The van der Waals surface area contributed by atoms with E-state index in [9.17, 15) is 22.8 Å². The molecule has 1 saturated carbocycles. The van der Waals surface area contributed by atoms with E-state index in [1.807, 2.05) is 20.8 Å². The van der Waals surface area contributed by atoms with Crippen molar-refractivity contribution >= 4 is 12.0 Å². The van der Waals surface area contributed by atoms with E-state index in [0.29, 0.717) is 31.3 Å². The highest BCUT2D eigenvalue weighted by atomic mass is 19.4. The first-order chi connectivity index (χ1) is 16.4. The van der Waals surface area contributed by atoms with Gasteiger partial charge in [-0.3, -0.25) is 14.6 Å². The van der Waals surface area contributed by atoms with E-state index in [1.165, 1.54) is 0 Å². The molecule has 3 aliphatic rings. The van der Waals surface area contributed by atoms with Crippen molar-refractivity contribution in [1.29, 1.82) is 0 Å². The van der Waals surface area contributed by atoms with Crippen LogP contribution in [-0.4, -0.2) is 59.1 Å². The molecule has 1 aromatic rings. The lowest BCUT2D eigenvalue weighted by Gasteiger charge is -2.36. The van der Waals surface area contributed by atoms with Gasteiger partial charge in [0.05, 0.1) is 5.56 Å². The molecule has 0 radical (unpaired) electrons. The molecule has 4 rings (SSSR count). The van der Waals surface area contributed by atoms with Crippen molar-refractivity contribution in [3.05, 3.63) is 35.4 Å². The molecule has 0 spiro atoms. The van der Waals surface area contributed by atoms with E-state index in [-0.39, 0.29) is 11.9 Å². The van der Waals surface area contributed by atoms with Crippen LogP contribution in [0.1, 0.15) is 64.0 Å². The summed E-state index contributed by atoms with van der Waals surface area (Å²) >= 11 is 0. The normalized spacial score (nSPS) is 27.5. The minimum atomic E-state index is -4.33. The fraction of sp³-hybridized carbons (Fsp3) is 0.692. The third-order valence-electron chi connectivity index (χ3n) is 7.38. The molecule has 2 saturated heterocycles. The maximum Gasteiger partial charge on any atom is 0.416 e. The Balaban J connectivity index is 1.33. The summed E-state index contributed by atoms with van der Waals surface area (Å²) in [5.41, 5.74) is -0.395. The van der Waals surface area contributed by atoms with Gasteiger partial charge in [-0.05, 0) is 82.4 Å². The Labute approximate surface area is 205 Å². The molecule has 0 aromatic heterocycles. The number of benzene rings is 1. The monoisotopic (exact) mass is 495 g/mol. The summed E-state index contributed by atoms with van der Waals surface area (Å²) in [7, 11) is 0. The smallest absolute Gasteiger partial charge is 0.416 e. The second kappa shape index (κ2) is 9.99. The number of likely N-dealkylation sites (tertiary alicyclic amines) is 2. The number of nitrogens with one attached hydrogen (secondary N) is 1. The van der Waals surface area contributed by atoms with Crippen molar-refractivity contribution in [2.24, 2.45) is 11.8 Å². The predicted octanol–water partition coefficient (Wildman–Crippen LogP) is 4.82. The quantitative estimate of drug-likeness (QED) is 0.651. The van der Waals surface area contributed by atoms with Gasteiger partial charge in [0.25, 0.3) is 0 Å². The van der Waals surface area contributed by atoms with Gasteiger partial charge in [-0.2, -0.15) is 13.2 Å². The van der Waals surface area contributed by atoms with E-state index in [0.717, 1.165) is 56.5 Å². The zero-order valence-electron chi connectivity index (χ0n) is 20.7. The van der Waals surface area contributed by atoms with E-state index >= 15 is 0 Å². The Morgan fingerprint density at radius 2 is 1.74 bits per heavy atom. The topological polar surface area (TPSA) is 61.9 Å². The van der Waals surface area contributed by atoms with Crippen LogP contribution in [0, 0.1) is 11.8 Å². The molecule has 2 aliphatic heterocycles. The molecule has 35 heavy (non-hydrogen) atoms. The largest absolute Gasteiger partial charge is 0.444 e. The number of nitrogens with zero attached hydrogens (tertiary/aromatic N) is 2. The lowest BCUT2D eigenvalue weighted by atomic mass is 9.96. The van der Waals surface area contributed by atoms with Crippen molar-refractivity contribution in [2.75, 3.05) is 19.6 Å². The van der Waals surface area contributed by atoms with Crippen LogP contribution < -0.4 is 5.32 Å². The van der Waals surface area contributed by atoms with Gasteiger partial charge >= 0.3 is 12.3 Å². The number of alkyl halides is 3. The molecule has 4 atom stereocenters. The minimum absolute atomic E-state index is 0.0486. The average molecular weight is 496 g/mol. The first-order valence-electron chi connectivity index (χ1n) is 12.6. The molecule has 0 bridgehead atoms. The number of piperidine rings is 1. The number of hydrogen-bond donors (Lipinski definition) is 1. The maximum atomic E-state index is 13.2. The number of hydrogen-bond acceptors (Lipinski definition) is 4. The SMILES string of the molecule is CC(C)(C)OC(=O)N1CCCC[C@H]1C(=O)N[C@@H]1CC[C@H]2CN(Cc3ccc(C(F)(F)F)cc3)C[C@H]21. The molecule has 0 unspecified atom stereocenters. The van der Waals surface area contributed by atoms with Crippen molar-refractivity contribution in [3.8, 4) is 0 Å². The number of fused-ring (bicyclic) bond motifs is 1. The molecule has 194 valence electrons. The Kier molecular flexibility index (Phi) is 7.36. The third kappa shape index (κ3) is 6.29. The summed E-state index contributed by atoms with van der Waals surface area (Å²) in [4.78, 5) is 29.8. The third-order valence-corrected chi connectivity index (χ3v) is 7.38. The van der Waals surface area contributed by atoms with E-state index in [4.69, 9.17) is 4.74 Å². The van der Waals surface area contributed by atoms with Crippen LogP contribution in [0.2, 0.25) is 0 Å². The molecule has 2 amide bonds. The Morgan fingerprint density at radius 3 is 2.40 bits per heavy atom. The van der Waals surface area contributed by atoms with Gasteiger partial charge < -0.3 is 10.1 Å². The molecule has 1 aromatic carbocycles. The molecule has 6 nitrogen and oxygen atoms in total. The highest BCUT2D eigenvalue weighted by molar-refractivity contribution is 5.86. The average Bonchev–Trinajstić information content (AvgIpc) is 3.33. The first kappa shape index (κ1) is 25.8. The van der Waals surface area contributed by atoms with Gasteiger partial charge in [0.1, 0.15) is 11.6 Å². The number of carbonyl (C=O) groups excluding carboxylic acids is 2. The summed E-state index contributed by atoms with van der Waals surface area (Å²) in [6.45, 7) is 8.26. The zero-order chi connectivity index (χ0) is 25.4. The van der Waals surface area contributed by atoms with Crippen LogP contribution in [0.3, 0.4) is 0 Å². The van der Waals surface area contributed by atoms with Crippen molar-refractivity contribution in [1.82, 2.24) is 15.1 Å². The van der Waals surface area contributed by atoms with Gasteiger partial charge in [-0.15, -0.1) is 0 Å². The van der Waals surface area contributed by atoms with Crippen LogP contribution in [0.25, 0.3) is 0 Å². The van der Waals surface area contributed by atoms with Gasteiger partial charge in [0.2, 0.25) is 5.91 Å². The highest BCUT2D eigenvalue weighted by Crippen LogP contribution is 2.39. The second-order valence-corrected chi connectivity index (χ2v) is 11.2. The first-order valence-corrected chi connectivity index (χ1v) is 12.6. The summed E-state index contributed by atoms with van der Waals surface area (Å²) in [5, 5.41) is 3.24. The second-order valence-electron chi connectivity index (χ2n) is 11.2. The fourth-order valence-corrected chi connectivity index (χ4v) is 5.75. The molecule has 1 aliphatic carbocycles. The van der Waals surface area contributed by atoms with Crippen molar-refractivity contribution < 1.29 is 27.5 Å². The Morgan fingerprint density at radius 1 is 1.03 bits per heavy atom. The summed E-state index contributed by atoms with van der Waals surface area (Å²) in [6.07, 6.45) is -0.457. The van der Waals surface area contributed by atoms with E-state index in [2.05, 4.69) is 10.2 Å². The Hall–Kier alpha value is -2.29. The van der Waals surface area contributed by atoms with Crippen LogP contribution in [0.15, 0.2) is 24.3 Å². The minimum Gasteiger partial charge on any atom is -0.444 e. The van der Waals surface area contributed by atoms with Gasteiger partial charge in [-0.25, -0.2) is 4.79 Å². The van der Waals surface area contributed by atoms with Gasteiger partial charge in [0, 0.05) is 32.2 Å². The summed E-state index contributed by atoms with van der Waals surface area (Å²) in [6, 6.07) is 4.90. The number of carbonyl (C=O) groups is 2. The fourth-order valence-electron chi connectivity index (χ4n) is 5.75. The zero-order valence-corrected chi connectivity index (χ0v) is 20.7. The standard InChI is InChI=1S/C26H36F3N3O3/c1-25(2,3)35-24(34)32-13-5-4-6-22(32)23(33)30-21-12-9-18-15-31(16-20(18)21)14-17-7-10-19(11-8-17)26(27,28)29/h7-8,10-11,18,20-22H,4-6,9,12-16H2,1-3H3,(H,30,33)/t18-,20+,21+,22-/m0/s1. The molecule has 3 fully saturated rings. The van der Waals surface area contributed by atoms with Crippen LogP contribution in [-0.2, 0) is 22.3 Å². The number of ether oxygens (including phenoxy) is 1. The molecule has 2 heterocycles. The lowest BCUT2D eigenvalue weighted by molar-refractivity contribution is -0.137. The number of halogens is 3. The van der Waals surface area contributed by atoms with Crippen LogP contribution in [0.5, 0.6) is 0 Å². The summed E-state index contributed by atoms with van der Waals surface area (Å²) < 4.78 is 44.0. The predicted molar refractivity (Wildman–Crippen MR) is 125 cm³/mol. The molecule has 9 heteroatoms. The van der Waals surface area contributed by atoms with Crippen molar-refractivity contribution in [3.63, 3.8) is 0 Å². The van der Waals surface area contributed by atoms with Crippen molar-refractivity contribution in [2.45, 2.75) is 83.3 Å².